The van der Waals surface area contributed by atoms with Crippen LogP contribution in [0.4, 0.5) is 5.69 Å². The van der Waals surface area contributed by atoms with Crippen molar-refractivity contribution in [1.82, 2.24) is 4.57 Å². The first-order valence-electron chi connectivity index (χ1n) is 8.04. The highest BCUT2D eigenvalue weighted by Crippen LogP contribution is 2.41. The molecule has 0 radical (unpaired) electrons. The fraction of sp³-hybridized carbons (Fsp3) is 0.200. The summed E-state index contributed by atoms with van der Waals surface area (Å²) in [5.74, 6) is 2.41. The first-order chi connectivity index (χ1) is 12.6. The van der Waals surface area contributed by atoms with Gasteiger partial charge in [0.1, 0.15) is 5.75 Å². The number of rotatable bonds is 6. The molecule has 0 unspecified atom stereocenters. The van der Waals surface area contributed by atoms with Crippen LogP contribution in [0.15, 0.2) is 48.7 Å². The molecule has 0 atom stereocenters. The van der Waals surface area contributed by atoms with Crippen molar-refractivity contribution in [1.29, 1.82) is 0 Å². The molecule has 0 fully saturated rings. The Hall–Kier alpha value is -3.28. The molecular formula is C20H22N2O4. The van der Waals surface area contributed by atoms with Crippen LogP contribution in [-0.4, -0.2) is 33.0 Å². The third-order valence-electron chi connectivity index (χ3n) is 4.20. The number of hydrogen-bond acceptors (Lipinski definition) is 5. The van der Waals surface area contributed by atoms with Crippen LogP contribution in [0.25, 0.3) is 16.9 Å². The topological polar surface area (TPSA) is 67.9 Å². The van der Waals surface area contributed by atoms with Gasteiger partial charge in [-0.25, -0.2) is 0 Å². The zero-order valence-electron chi connectivity index (χ0n) is 15.3. The van der Waals surface area contributed by atoms with E-state index in [0.717, 1.165) is 16.9 Å². The Morgan fingerprint density at radius 1 is 0.769 bits per heavy atom. The highest BCUT2D eigenvalue weighted by molar-refractivity contribution is 5.71. The predicted octanol–water partition coefficient (Wildman–Crippen LogP) is 3.76. The molecule has 2 aromatic carbocycles. The molecule has 6 heteroatoms. The summed E-state index contributed by atoms with van der Waals surface area (Å²) in [4.78, 5) is 0. The molecule has 0 saturated carbocycles. The van der Waals surface area contributed by atoms with Crippen LogP contribution in [-0.2, 0) is 0 Å². The van der Waals surface area contributed by atoms with Crippen molar-refractivity contribution in [3.8, 4) is 39.9 Å². The summed E-state index contributed by atoms with van der Waals surface area (Å²) in [6.45, 7) is 0. The Balaban J connectivity index is 2.13. The van der Waals surface area contributed by atoms with Crippen LogP contribution >= 0.6 is 0 Å². The minimum Gasteiger partial charge on any atom is -0.495 e. The molecule has 0 amide bonds. The zero-order chi connectivity index (χ0) is 18.7. The van der Waals surface area contributed by atoms with Crippen molar-refractivity contribution < 1.29 is 18.9 Å². The summed E-state index contributed by atoms with van der Waals surface area (Å²) < 4.78 is 23.6. The first kappa shape index (κ1) is 17.5. The van der Waals surface area contributed by atoms with E-state index in [9.17, 15) is 0 Å². The van der Waals surface area contributed by atoms with Gasteiger partial charge in [0, 0.05) is 17.4 Å². The van der Waals surface area contributed by atoms with E-state index in [2.05, 4.69) is 0 Å². The van der Waals surface area contributed by atoms with Crippen molar-refractivity contribution in [2.75, 3.05) is 34.2 Å². The number of anilines is 1. The van der Waals surface area contributed by atoms with Gasteiger partial charge in [-0.15, -0.1) is 0 Å². The minimum atomic E-state index is 0.561. The SMILES string of the molecule is COc1ccc(-n2cccc2-c2cc(OC)c(OC)c(OC)c2)cc1N. The molecule has 0 aliphatic rings. The quantitative estimate of drug-likeness (QED) is 0.683. The molecule has 0 aliphatic carbocycles. The average Bonchev–Trinajstić information content (AvgIpc) is 3.16. The smallest absolute Gasteiger partial charge is 0.203 e. The number of nitrogens with two attached hydrogens (primary N) is 1. The number of methoxy groups -OCH3 is 4. The number of benzene rings is 2. The summed E-state index contributed by atoms with van der Waals surface area (Å²) in [5, 5.41) is 0. The Labute approximate surface area is 152 Å². The molecule has 1 aromatic heterocycles. The van der Waals surface area contributed by atoms with Crippen LogP contribution in [0.3, 0.4) is 0 Å². The van der Waals surface area contributed by atoms with Gasteiger partial charge in [-0.05, 0) is 42.5 Å². The van der Waals surface area contributed by atoms with Crippen LogP contribution in [0.2, 0.25) is 0 Å². The first-order valence-corrected chi connectivity index (χ1v) is 8.04. The molecule has 0 saturated heterocycles. The van der Waals surface area contributed by atoms with Gasteiger partial charge in [-0.1, -0.05) is 0 Å². The van der Waals surface area contributed by atoms with Crippen LogP contribution < -0.4 is 24.7 Å². The van der Waals surface area contributed by atoms with E-state index in [1.807, 2.05) is 53.2 Å². The van der Waals surface area contributed by atoms with E-state index in [0.29, 0.717) is 28.7 Å². The number of nitrogen functional groups attached to an aromatic ring is 1. The van der Waals surface area contributed by atoms with Gasteiger partial charge >= 0.3 is 0 Å². The molecule has 2 N–H and O–H groups in total. The lowest BCUT2D eigenvalue weighted by Gasteiger charge is -2.16. The lowest BCUT2D eigenvalue weighted by molar-refractivity contribution is 0.324. The van der Waals surface area contributed by atoms with Gasteiger partial charge in [0.15, 0.2) is 11.5 Å². The van der Waals surface area contributed by atoms with Gasteiger partial charge in [0.05, 0.1) is 39.8 Å². The molecule has 0 aliphatic heterocycles. The molecule has 0 spiro atoms. The van der Waals surface area contributed by atoms with E-state index < -0.39 is 0 Å². The normalized spacial score (nSPS) is 10.5. The number of aromatic nitrogens is 1. The number of hydrogen-bond donors (Lipinski definition) is 1. The van der Waals surface area contributed by atoms with E-state index in [-0.39, 0.29) is 0 Å². The maximum atomic E-state index is 6.06. The van der Waals surface area contributed by atoms with E-state index >= 15 is 0 Å². The Bertz CT molecular complexity index is 893. The van der Waals surface area contributed by atoms with Gasteiger partial charge in [0.2, 0.25) is 5.75 Å². The summed E-state index contributed by atoms with van der Waals surface area (Å²) in [5.41, 5.74) is 9.46. The number of nitrogens with zero attached hydrogens (tertiary/aromatic N) is 1. The monoisotopic (exact) mass is 354 g/mol. The maximum Gasteiger partial charge on any atom is 0.203 e. The Kier molecular flexibility index (Phi) is 4.93. The molecule has 3 rings (SSSR count). The summed E-state index contributed by atoms with van der Waals surface area (Å²) in [6, 6.07) is 13.5. The maximum absolute atomic E-state index is 6.06. The van der Waals surface area contributed by atoms with E-state index in [1.54, 1.807) is 28.4 Å². The van der Waals surface area contributed by atoms with Gasteiger partial charge in [-0.3, -0.25) is 0 Å². The standard InChI is InChI=1S/C20H22N2O4/c1-23-17-8-7-14(12-15(17)21)22-9-5-6-16(22)13-10-18(24-2)20(26-4)19(11-13)25-3/h5-12H,21H2,1-4H3. The third-order valence-corrected chi connectivity index (χ3v) is 4.20. The lowest BCUT2D eigenvalue weighted by Crippen LogP contribution is -2.00. The van der Waals surface area contributed by atoms with Gasteiger partial charge < -0.3 is 29.2 Å². The predicted molar refractivity (Wildman–Crippen MR) is 102 cm³/mol. The van der Waals surface area contributed by atoms with E-state index in [1.165, 1.54) is 0 Å². The Morgan fingerprint density at radius 3 is 1.96 bits per heavy atom. The van der Waals surface area contributed by atoms with Crippen molar-refractivity contribution in [2.45, 2.75) is 0 Å². The largest absolute Gasteiger partial charge is 0.495 e. The van der Waals surface area contributed by atoms with Crippen molar-refractivity contribution >= 4 is 5.69 Å². The average molecular weight is 354 g/mol. The summed E-state index contributed by atoms with van der Waals surface area (Å²) >= 11 is 0. The van der Waals surface area contributed by atoms with Crippen molar-refractivity contribution in [3.63, 3.8) is 0 Å². The van der Waals surface area contributed by atoms with Crippen molar-refractivity contribution in [2.24, 2.45) is 0 Å². The molecule has 1 heterocycles. The molecule has 6 nitrogen and oxygen atoms in total. The van der Waals surface area contributed by atoms with Crippen LogP contribution in [0.5, 0.6) is 23.0 Å². The highest BCUT2D eigenvalue weighted by atomic mass is 16.5. The van der Waals surface area contributed by atoms with E-state index in [4.69, 9.17) is 24.7 Å². The third kappa shape index (κ3) is 3.01. The molecule has 136 valence electrons. The van der Waals surface area contributed by atoms with Crippen LogP contribution in [0, 0.1) is 0 Å². The minimum absolute atomic E-state index is 0.561. The summed E-state index contributed by atoms with van der Waals surface area (Å²) in [7, 11) is 6.39. The molecule has 0 bridgehead atoms. The molecule has 26 heavy (non-hydrogen) atoms. The fourth-order valence-corrected chi connectivity index (χ4v) is 2.94. The fourth-order valence-electron chi connectivity index (χ4n) is 2.94. The Morgan fingerprint density at radius 2 is 1.42 bits per heavy atom. The second-order valence-electron chi connectivity index (χ2n) is 5.60. The highest BCUT2D eigenvalue weighted by Gasteiger charge is 2.16. The summed E-state index contributed by atoms with van der Waals surface area (Å²) in [6.07, 6.45) is 1.97. The van der Waals surface area contributed by atoms with Crippen molar-refractivity contribution in [3.05, 3.63) is 48.7 Å². The van der Waals surface area contributed by atoms with Gasteiger partial charge in [0.25, 0.3) is 0 Å². The van der Waals surface area contributed by atoms with Gasteiger partial charge in [-0.2, -0.15) is 0 Å². The second-order valence-corrected chi connectivity index (χ2v) is 5.60. The molecular weight excluding hydrogens is 332 g/mol. The zero-order valence-corrected chi connectivity index (χ0v) is 15.3. The van der Waals surface area contributed by atoms with Crippen LogP contribution in [0.1, 0.15) is 0 Å². The lowest BCUT2D eigenvalue weighted by atomic mass is 10.1. The second kappa shape index (κ2) is 7.31. The molecule has 3 aromatic rings. The number of ether oxygens (including phenoxy) is 4.